The molecular weight excluding hydrogens is 287 g/mol. The molecule has 0 aromatic heterocycles. The van der Waals surface area contributed by atoms with Crippen LogP contribution in [0.4, 0.5) is 4.39 Å². The van der Waals surface area contributed by atoms with Crippen LogP contribution >= 0.6 is 15.9 Å². The average molecular weight is 295 g/mol. The first-order valence-electron chi connectivity index (χ1n) is 4.88. The van der Waals surface area contributed by atoms with Gasteiger partial charge in [-0.15, -0.1) is 0 Å². The van der Waals surface area contributed by atoms with Crippen LogP contribution in [0.5, 0.6) is 11.5 Å². The van der Waals surface area contributed by atoms with Crippen molar-refractivity contribution in [3.8, 4) is 11.5 Å². The summed E-state index contributed by atoms with van der Waals surface area (Å²) in [6.45, 7) is 0. The van der Waals surface area contributed by atoms with Crippen molar-refractivity contribution in [1.82, 2.24) is 0 Å². The van der Waals surface area contributed by atoms with Crippen LogP contribution in [0.1, 0.15) is 10.4 Å². The first-order valence-corrected chi connectivity index (χ1v) is 5.67. The van der Waals surface area contributed by atoms with Crippen LogP contribution in [-0.2, 0) is 0 Å². The lowest BCUT2D eigenvalue weighted by Crippen LogP contribution is -1.94. The number of halogens is 2. The molecule has 4 heteroatoms. The van der Waals surface area contributed by atoms with E-state index in [1.54, 1.807) is 18.2 Å². The van der Waals surface area contributed by atoms with Gasteiger partial charge in [-0.25, -0.2) is 4.39 Å². The fourth-order valence-electron chi connectivity index (χ4n) is 1.36. The number of carbonyl (C=O) groups excluding carboxylic acids is 1. The van der Waals surface area contributed by atoms with Crippen molar-refractivity contribution in [3.05, 3.63) is 58.3 Å². The molecule has 86 valence electrons. The number of carbonyl (C=O) groups is 1. The zero-order valence-corrected chi connectivity index (χ0v) is 10.3. The van der Waals surface area contributed by atoms with Gasteiger partial charge in [0.25, 0.3) is 0 Å². The maximum absolute atomic E-state index is 13.6. The van der Waals surface area contributed by atoms with E-state index in [0.29, 0.717) is 16.5 Å². The minimum atomic E-state index is -0.564. The molecular formula is C13H8BrFO2. The third-order valence-corrected chi connectivity index (χ3v) is 2.83. The predicted octanol–water partition coefficient (Wildman–Crippen LogP) is 4.19. The molecule has 0 heterocycles. The Morgan fingerprint density at radius 1 is 1.12 bits per heavy atom. The molecule has 2 rings (SSSR count). The van der Waals surface area contributed by atoms with E-state index in [9.17, 15) is 9.18 Å². The van der Waals surface area contributed by atoms with Crippen molar-refractivity contribution in [1.29, 1.82) is 0 Å². The lowest BCUT2D eigenvalue weighted by Gasteiger charge is -2.10. The molecule has 0 aliphatic rings. The summed E-state index contributed by atoms with van der Waals surface area (Å²) in [5, 5.41) is 0. The highest BCUT2D eigenvalue weighted by Crippen LogP contribution is 2.32. The van der Waals surface area contributed by atoms with Gasteiger partial charge in [-0.1, -0.05) is 18.2 Å². The monoisotopic (exact) mass is 294 g/mol. The van der Waals surface area contributed by atoms with Crippen molar-refractivity contribution >= 4 is 22.2 Å². The second-order valence-electron chi connectivity index (χ2n) is 3.31. The molecule has 2 aromatic carbocycles. The van der Waals surface area contributed by atoms with Crippen LogP contribution in [0.25, 0.3) is 0 Å². The summed E-state index contributed by atoms with van der Waals surface area (Å²) in [6.07, 6.45) is 0.565. The van der Waals surface area contributed by atoms with Gasteiger partial charge in [0.15, 0.2) is 17.9 Å². The predicted molar refractivity (Wildman–Crippen MR) is 66.0 cm³/mol. The smallest absolute Gasteiger partial charge is 0.173 e. The number of ether oxygens (including phenoxy) is 1. The summed E-state index contributed by atoms with van der Waals surface area (Å²) in [6, 6.07) is 11.3. The molecule has 0 unspecified atom stereocenters. The molecule has 0 radical (unpaired) electrons. The van der Waals surface area contributed by atoms with E-state index in [1.807, 2.05) is 6.07 Å². The molecule has 2 aromatic rings. The molecule has 0 bridgehead atoms. The molecule has 0 saturated carbocycles. The van der Waals surface area contributed by atoms with Crippen molar-refractivity contribution in [2.24, 2.45) is 0 Å². The fourth-order valence-corrected chi connectivity index (χ4v) is 1.73. The molecule has 0 N–H and O–H groups in total. The first-order chi connectivity index (χ1) is 8.22. The Labute approximate surface area is 106 Å². The summed E-state index contributed by atoms with van der Waals surface area (Å²) >= 11 is 3.29. The van der Waals surface area contributed by atoms with E-state index in [2.05, 4.69) is 15.9 Å². The van der Waals surface area contributed by atoms with Gasteiger partial charge in [0.2, 0.25) is 0 Å². The Hall–Kier alpha value is -1.68. The quantitative estimate of drug-likeness (QED) is 0.793. The Morgan fingerprint density at radius 2 is 1.88 bits per heavy atom. The molecule has 0 atom stereocenters. The summed E-state index contributed by atoms with van der Waals surface area (Å²) in [5.74, 6) is -0.166. The van der Waals surface area contributed by atoms with E-state index < -0.39 is 5.82 Å². The van der Waals surface area contributed by atoms with Crippen molar-refractivity contribution in [3.63, 3.8) is 0 Å². The van der Waals surface area contributed by atoms with E-state index in [1.165, 1.54) is 18.2 Å². The second kappa shape index (κ2) is 5.10. The normalized spacial score (nSPS) is 10.0. The highest BCUT2D eigenvalue weighted by atomic mass is 79.9. The molecule has 0 amide bonds. The van der Waals surface area contributed by atoms with Gasteiger partial charge in [-0.05, 0) is 40.2 Å². The number of para-hydroxylation sites is 2. The van der Waals surface area contributed by atoms with Gasteiger partial charge in [0.1, 0.15) is 5.75 Å². The number of hydrogen-bond donors (Lipinski definition) is 0. The summed E-state index contributed by atoms with van der Waals surface area (Å²) in [5.41, 5.74) is 0.181. The van der Waals surface area contributed by atoms with Gasteiger partial charge >= 0.3 is 0 Å². The molecule has 0 spiro atoms. The Bertz CT molecular complexity index is 555. The van der Waals surface area contributed by atoms with Crippen molar-refractivity contribution in [2.75, 3.05) is 0 Å². The van der Waals surface area contributed by atoms with Gasteiger partial charge in [-0.2, -0.15) is 0 Å². The highest BCUT2D eigenvalue weighted by Gasteiger charge is 2.11. The van der Waals surface area contributed by atoms with Gasteiger partial charge in [0, 0.05) is 0 Å². The second-order valence-corrected chi connectivity index (χ2v) is 4.16. The number of rotatable bonds is 3. The third-order valence-electron chi connectivity index (χ3n) is 2.17. The summed E-state index contributed by atoms with van der Waals surface area (Å²) in [4.78, 5) is 10.8. The lowest BCUT2D eigenvalue weighted by atomic mass is 10.2. The first kappa shape index (κ1) is 11.8. The summed E-state index contributed by atoms with van der Waals surface area (Å²) in [7, 11) is 0. The minimum Gasteiger partial charge on any atom is -0.452 e. The van der Waals surface area contributed by atoms with Crippen LogP contribution in [0.2, 0.25) is 0 Å². The van der Waals surface area contributed by atoms with Crippen molar-refractivity contribution < 1.29 is 13.9 Å². The van der Waals surface area contributed by atoms with Crippen LogP contribution in [0.3, 0.4) is 0 Å². The molecule has 0 saturated heterocycles. The zero-order chi connectivity index (χ0) is 12.3. The topological polar surface area (TPSA) is 26.3 Å². The van der Waals surface area contributed by atoms with Gasteiger partial charge in [0.05, 0.1) is 10.0 Å². The largest absolute Gasteiger partial charge is 0.452 e. The van der Waals surface area contributed by atoms with E-state index in [0.717, 1.165) is 0 Å². The van der Waals surface area contributed by atoms with E-state index in [-0.39, 0.29) is 11.3 Å². The number of hydrogen-bond acceptors (Lipinski definition) is 2. The number of aldehydes is 1. The molecule has 0 fully saturated rings. The molecule has 0 aliphatic heterocycles. The highest BCUT2D eigenvalue weighted by molar-refractivity contribution is 9.10. The number of benzene rings is 2. The van der Waals surface area contributed by atoms with E-state index >= 15 is 0 Å². The maximum Gasteiger partial charge on any atom is 0.173 e. The van der Waals surface area contributed by atoms with Crippen LogP contribution < -0.4 is 4.74 Å². The SMILES string of the molecule is O=Cc1cccc(F)c1Oc1ccccc1Br. The molecule has 2 nitrogen and oxygen atoms in total. The third kappa shape index (κ3) is 2.53. The summed E-state index contributed by atoms with van der Waals surface area (Å²) < 4.78 is 19.7. The Balaban J connectivity index is 2.43. The fraction of sp³-hybridized carbons (Fsp3) is 0. The molecule has 17 heavy (non-hydrogen) atoms. The lowest BCUT2D eigenvalue weighted by molar-refractivity contribution is 0.112. The van der Waals surface area contributed by atoms with E-state index in [4.69, 9.17) is 4.74 Å². The molecule has 0 aliphatic carbocycles. The van der Waals surface area contributed by atoms with Gasteiger partial charge < -0.3 is 4.74 Å². The van der Waals surface area contributed by atoms with Gasteiger partial charge in [-0.3, -0.25) is 4.79 Å². The maximum atomic E-state index is 13.6. The van der Waals surface area contributed by atoms with Crippen LogP contribution in [0, 0.1) is 5.82 Å². The standard InChI is InChI=1S/C13H8BrFO2/c14-10-5-1-2-7-12(10)17-13-9(8-16)4-3-6-11(13)15/h1-8H. The Kier molecular flexibility index (Phi) is 3.54. The van der Waals surface area contributed by atoms with Crippen molar-refractivity contribution in [2.45, 2.75) is 0 Å². The van der Waals surface area contributed by atoms with Crippen LogP contribution in [0.15, 0.2) is 46.9 Å². The average Bonchev–Trinajstić information content (AvgIpc) is 2.34. The Morgan fingerprint density at radius 3 is 2.59 bits per heavy atom. The zero-order valence-electron chi connectivity index (χ0n) is 8.69. The van der Waals surface area contributed by atoms with Crippen LogP contribution in [-0.4, -0.2) is 6.29 Å². The minimum absolute atomic E-state index is 0.0607.